The monoisotopic (exact) mass is 992 g/mol. The second-order valence-electron chi connectivity index (χ2n) is 14.1. The van der Waals surface area contributed by atoms with Gasteiger partial charge in [-0.3, -0.25) is 32.1 Å². The van der Waals surface area contributed by atoms with Gasteiger partial charge < -0.3 is 31.5 Å². The first kappa shape index (κ1) is 58.5. The normalized spacial score (nSPS) is 16.8. The molecule has 340 valence electrons. The van der Waals surface area contributed by atoms with E-state index in [1.807, 2.05) is 26.0 Å². The molecule has 0 spiro atoms. The Hall–Kier alpha value is -4.51. The molecule has 4 aromatic rings. The number of carbonyl (C=O) groups is 4. The first-order valence-corrected chi connectivity index (χ1v) is 20.1. The molecule has 2 aromatic heterocycles. The average Bonchev–Trinajstić information content (AvgIpc) is 3.65. The molecule has 4 amide bonds. The van der Waals surface area contributed by atoms with Crippen LogP contribution in [0.25, 0.3) is 11.3 Å². The van der Waals surface area contributed by atoms with Crippen LogP contribution in [0.5, 0.6) is 0 Å². The van der Waals surface area contributed by atoms with Gasteiger partial charge >= 0.3 is 58.9 Å². The minimum absolute atomic E-state index is 0. The molecule has 2 aromatic carbocycles. The molecule has 0 saturated carbocycles. The largest absolute Gasteiger partial charge is 1.00 e. The smallest absolute Gasteiger partial charge is 0.369 e. The molecule has 2 aliphatic rings. The first-order valence-electron chi connectivity index (χ1n) is 19.3. The molecule has 2 atom stereocenters. The number of likely N-dealkylation sites (N-methyl/N-ethyl adjacent to an activating group) is 2. The molecule has 20 heteroatoms. The SMILES string of the molecule is C.CCCc1cc(F)c(-c2cccc(C#C[C@]3(O)CCN(C)C3=O)c2)nc1C(N)=O.CCCc1cc(F)c(Br)nc1C(N)=O.CN1CC[C@@](O)(C#Cc2c[c-]ccc2)C1=O.FB(F)F.[K+]. The summed E-state index contributed by atoms with van der Waals surface area (Å²) in [6.07, 6.45) is 3.22. The van der Waals surface area contributed by atoms with Gasteiger partial charge in [-0.1, -0.05) is 69.6 Å². The van der Waals surface area contributed by atoms with Gasteiger partial charge in [-0.15, -0.1) is 5.92 Å². The average molecular weight is 994 g/mol. The van der Waals surface area contributed by atoms with Crippen LogP contribution in [0.3, 0.4) is 0 Å². The van der Waals surface area contributed by atoms with Crippen LogP contribution in [0.1, 0.15) is 90.2 Å². The van der Waals surface area contributed by atoms with Crippen LogP contribution < -0.4 is 62.9 Å². The Kier molecular flexibility index (Phi) is 24.5. The zero-order chi connectivity index (χ0) is 47.1. The Morgan fingerprint density at radius 3 is 1.71 bits per heavy atom. The predicted octanol–water partition coefficient (Wildman–Crippen LogP) is 2.87. The fourth-order valence-electron chi connectivity index (χ4n) is 6.09. The Labute approximate surface area is 426 Å². The second-order valence-corrected chi connectivity index (χ2v) is 14.9. The molecule has 2 fully saturated rings. The molecule has 4 heterocycles. The van der Waals surface area contributed by atoms with Crippen LogP contribution in [-0.4, -0.2) is 99.5 Å². The van der Waals surface area contributed by atoms with Crippen molar-refractivity contribution in [3.05, 3.63) is 117 Å². The van der Waals surface area contributed by atoms with Crippen LogP contribution in [0.2, 0.25) is 0 Å². The summed E-state index contributed by atoms with van der Waals surface area (Å²) < 4.78 is 56.8. The van der Waals surface area contributed by atoms with Crippen molar-refractivity contribution in [2.45, 2.75) is 71.0 Å². The van der Waals surface area contributed by atoms with Gasteiger partial charge in [-0.05, 0) is 64.2 Å². The third-order valence-electron chi connectivity index (χ3n) is 9.26. The van der Waals surface area contributed by atoms with Crippen molar-refractivity contribution >= 4 is 47.1 Å². The van der Waals surface area contributed by atoms with Crippen molar-refractivity contribution in [1.82, 2.24) is 19.8 Å². The zero-order valence-corrected chi connectivity index (χ0v) is 40.5. The van der Waals surface area contributed by atoms with E-state index in [0.29, 0.717) is 54.6 Å². The number of pyridine rings is 2. The fourth-order valence-corrected chi connectivity index (χ4v) is 6.38. The number of aliphatic hydroxyl groups is 2. The molecule has 0 radical (unpaired) electrons. The van der Waals surface area contributed by atoms with E-state index in [2.05, 4.69) is 55.6 Å². The van der Waals surface area contributed by atoms with Gasteiger partial charge in [0.1, 0.15) is 27.5 Å². The van der Waals surface area contributed by atoms with Gasteiger partial charge in [0.2, 0.25) is 11.2 Å². The number of nitrogens with two attached hydrogens (primary N) is 2. The summed E-state index contributed by atoms with van der Waals surface area (Å²) in [5.74, 6) is 7.73. The molecule has 0 unspecified atom stereocenters. The van der Waals surface area contributed by atoms with Crippen molar-refractivity contribution < 1.29 is 103 Å². The van der Waals surface area contributed by atoms with Gasteiger partial charge in [-0.2, -0.15) is 30.3 Å². The summed E-state index contributed by atoms with van der Waals surface area (Å²) in [4.78, 5) is 57.2. The molecule has 2 saturated heterocycles. The molecule has 6 rings (SSSR count). The molecular weight excluding hydrogens is 945 g/mol. The molecule has 12 nitrogen and oxygen atoms in total. The number of nitrogens with zero attached hydrogens (tertiary/aromatic N) is 4. The zero-order valence-electron chi connectivity index (χ0n) is 35.7. The van der Waals surface area contributed by atoms with E-state index in [-0.39, 0.29) is 92.8 Å². The summed E-state index contributed by atoms with van der Waals surface area (Å²) in [5, 5.41) is 20.4. The maximum absolute atomic E-state index is 14.7. The fraction of sp³-hybridized carbons (Fsp3) is 0.333. The van der Waals surface area contributed by atoms with Crippen LogP contribution in [0, 0.1) is 41.4 Å². The van der Waals surface area contributed by atoms with Crippen LogP contribution >= 0.6 is 15.9 Å². The van der Waals surface area contributed by atoms with Crippen LogP contribution in [0.15, 0.2) is 65.3 Å². The van der Waals surface area contributed by atoms with Crippen molar-refractivity contribution in [1.29, 1.82) is 0 Å². The number of aryl methyl sites for hydroxylation is 2. The number of amides is 4. The van der Waals surface area contributed by atoms with Crippen molar-refractivity contribution in [2.24, 2.45) is 11.5 Å². The van der Waals surface area contributed by atoms with E-state index in [0.717, 1.165) is 18.4 Å². The number of rotatable bonds is 7. The summed E-state index contributed by atoms with van der Waals surface area (Å²) in [6, 6.07) is 19.2. The Morgan fingerprint density at radius 2 is 1.28 bits per heavy atom. The van der Waals surface area contributed by atoms with Gasteiger partial charge in [0, 0.05) is 51.2 Å². The predicted molar refractivity (Wildman–Crippen MR) is 236 cm³/mol. The summed E-state index contributed by atoms with van der Waals surface area (Å²) in [5.41, 5.74) is 10.2. The van der Waals surface area contributed by atoms with Gasteiger partial charge in [-0.25, -0.2) is 18.7 Å². The quantitative estimate of drug-likeness (QED) is 0.0715. The van der Waals surface area contributed by atoms with Crippen LogP contribution in [0.4, 0.5) is 21.7 Å². The number of hydrogen-bond donors (Lipinski definition) is 4. The molecule has 2 aliphatic heterocycles. The number of halogens is 6. The van der Waals surface area contributed by atoms with E-state index in [4.69, 9.17) is 11.5 Å². The third kappa shape index (κ3) is 17.0. The topological polar surface area (TPSA) is 193 Å². The van der Waals surface area contributed by atoms with E-state index in [9.17, 15) is 51.1 Å². The molecule has 65 heavy (non-hydrogen) atoms. The van der Waals surface area contributed by atoms with Crippen molar-refractivity contribution in [3.63, 3.8) is 0 Å². The first-order chi connectivity index (χ1) is 29.7. The Morgan fingerprint density at radius 1 is 0.815 bits per heavy atom. The number of hydrogen-bond acceptors (Lipinski definition) is 8. The number of carbonyl (C=O) groups excluding carboxylic acids is 4. The minimum Gasteiger partial charge on any atom is -0.369 e. The third-order valence-corrected chi connectivity index (χ3v) is 9.82. The number of primary amides is 2. The maximum Gasteiger partial charge on any atom is 1.00 e. The molecule has 6 N–H and O–H groups in total. The Bertz CT molecular complexity index is 2430. The maximum atomic E-state index is 14.7. The number of benzene rings is 2. The van der Waals surface area contributed by atoms with Gasteiger partial charge in [0.25, 0.3) is 23.6 Å². The van der Waals surface area contributed by atoms with E-state index in [1.54, 1.807) is 50.5 Å². The van der Waals surface area contributed by atoms with Crippen molar-refractivity contribution in [2.75, 3.05) is 27.2 Å². The summed E-state index contributed by atoms with van der Waals surface area (Å²) in [6.45, 7) is 4.83. The summed E-state index contributed by atoms with van der Waals surface area (Å²) in [7, 11) is -0.395. The van der Waals surface area contributed by atoms with Crippen LogP contribution in [-0.2, 0) is 22.4 Å². The molecule has 0 bridgehead atoms. The molecule has 0 aliphatic carbocycles. The molecular formula is C45H48BBrF5KN6O6. The van der Waals surface area contributed by atoms with E-state index >= 15 is 0 Å². The summed E-state index contributed by atoms with van der Waals surface area (Å²) >= 11 is 2.91. The number of likely N-dealkylation sites (tertiary alicyclic amines) is 2. The minimum atomic E-state index is -3.67. The van der Waals surface area contributed by atoms with E-state index in [1.165, 1.54) is 21.9 Å². The second kappa shape index (κ2) is 27.2. The van der Waals surface area contributed by atoms with E-state index < -0.39 is 48.1 Å². The Balaban J connectivity index is 0.000000498. The van der Waals surface area contributed by atoms with Gasteiger partial charge in [0.15, 0.2) is 5.82 Å². The van der Waals surface area contributed by atoms with Crippen molar-refractivity contribution in [3.8, 4) is 34.9 Å². The van der Waals surface area contributed by atoms with Gasteiger partial charge in [0.05, 0.1) is 0 Å². The number of aromatic nitrogens is 2. The standard InChI is InChI=1S/C22H22FN3O3.C13H12NO2.C9H10BrFN2O.CH4.BF3.K/c1-3-5-15-13-17(23)18(25-19(15)20(24)27)16-7-4-6-14(12-16)8-9-22(29)10-11-26(2)21(22)28;1-14-10-9-13(16,12(14)15)8-7-11-5-3-2-4-6-11;1-2-3-5-4-6(11)8(10)13-7(5)9(12)14;;2-1(3)4;/h4,6-7,12-13,29H,3,5,10-11H2,1-2H3,(H2,24,27);2-3,5-6,16H,9-10H2,1H3;4H,2-3H2,1H3,(H2,12,14);1H4;;/q;-1;;;;+1/t22-;13-;;;;/m00..../s1.